The third-order valence-corrected chi connectivity index (χ3v) is 11.6. The molecule has 1 saturated heterocycles. The summed E-state index contributed by atoms with van der Waals surface area (Å²) >= 11 is 1.21. The summed E-state index contributed by atoms with van der Waals surface area (Å²) in [5.74, 6) is 1.51. The number of nitrogens with zero attached hydrogens (tertiary/aromatic N) is 4. The van der Waals surface area contributed by atoms with E-state index in [1.165, 1.54) is 11.3 Å². The minimum Gasteiger partial charge on any atom is -0.410 e. The Bertz CT molecular complexity index is 1700. The van der Waals surface area contributed by atoms with Gasteiger partial charge in [-0.05, 0) is 70.0 Å². The summed E-state index contributed by atoms with van der Waals surface area (Å²) in [5, 5.41) is 2.72. The first-order chi connectivity index (χ1) is 20.2. The molecule has 2 aromatic carbocycles. The molecule has 1 aliphatic heterocycles. The lowest BCUT2D eigenvalue weighted by Gasteiger charge is -2.34. The van der Waals surface area contributed by atoms with Crippen molar-refractivity contribution in [2.45, 2.75) is 48.7 Å². The van der Waals surface area contributed by atoms with E-state index in [0.717, 1.165) is 10.6 Å². The Labute approximate surface area is 248 Å². The van der Waals surface area contributed by atoms with E-state index in [1.807, 2.05) is 26.0 Å². The van der Waals surface area contributed by atoms with E-state index in [0.29, 0.717) is 66.9 Å². The Kier molecular flexibility index (Phi) is 7.46. The summed E-state index contributed by atoms with van der Waals surface area (Å²) in [4.78, 5) is 29.5. The monoisotopic (exact) mass is 605 g/mol. The zero-order chi connectivity index (χ0) is 29.5. The highest BCUT2D eigenvalue weighted by Crippen LogP contribution is 2.55. The minimum atomic E-state index is -3.78. The number of morpholine rings is 1. The molecule has 0 spiro atoms. The number of aromatic nitrogens is 3. The van der Waals surface area contributed by atoms with Crippen LogP contribution < -0.4 is 15.0 Å². The highest BCUT2D eigenvalue weighted by molar-refractivity contribution is 7.94. The van der Waals surface area contributed by atoms with Crippen molar-refractivity contribution in [2.75, 3.05) is 30.0 Å². The van der Waals surface area contributed by atoms with E-state index in [1.54, 1.807) is 48.5 Å². The summed E-state index contributed by atoms with van der Waals surface area (Å²) in [6, 6.07) is 17.8. The number of benzene rings is 2. The van der Waals surface area contributed by atoms with Gasteiger partial charge < -0.3 is 14.4 Å². The number of thiazole rings is 1. The largest absolute Gasteiger partial charge is 0.417 e. The number of anilines is 2. The third-order valence-electron chi connectivity index (χ3n) is 7.64. The maximum atomic E-state index is 14.0. The number of hydrogen-bond acceptors (Lipinski definition) is 10. The molecule has 1 N–H and O–H groups in total. The number of carbonyl (C=O) groups excluding carboxylic acids is 1. The molecule has 0 radical (unpaired) electrons. The van der Waals surface area contributed by atoms with Crippen molar-refractivity contribution in [1.29, 1.82) is 0 Å². The van der Waals surface area contributed by atoms with Crippen LogP contribution >= 0.6 is 11.3 Å². The summed E-state index contributed by atoms with van der Waals surface area (Å²) in [6.45, 7) is 7.50. The van der Waals surface area contributed by atoms with Gasteiger partial charge in [-0.3, -0.25) is 5.32 Å². The molecule has 1 amide bonds. The fourth-order valence-electron chi connectivity index (χ4n) is 4.95. The number of aryl methyl sites for hydroxylation is 2. The average Bonchev–Trinajstić information content (AvgIpc) is 3.74. The number of para-hydroxylation sites is 1. The summed E-state index contributed by atoms with van der Waals surface area (Å²) < 4.78 is 37.9. The van der Waals surface area contributed by atoms with Crippen LogP contribution in [0.1, 0.15) is 36.0 Å². The molecule has 1 saturated carbocycles. The van der Waals surface area contributed by atoms with E-state index in [4.69, 9.17) is 19.4 Å². The van der Waals surface area contributed by atoms with Gasteiger partial charge in [0.2, 0.25) is 14.2 Å². The van der Waals surface area contributed by atoms with E-state index in [2.05, 4.69) is 22.1 Å². The van der Waals surface area contributed by atoms with Crippen LogP contribution in [-0.4, -0.2) is 55.3 Å². The van der Waals surface area contributed by atoms with Crippen LogP contribution in [0.4, 0.5) is 16.3 Å². The molecule has 42 heavy (non-hydrogen) atoms. The first kappa shape index (κ1) is 28.3. The number of amides is 1. The van der Waals surface area contributed by atoms with Crippen molar-refractivity contribution < 1.29 is 22.7 Å². The van der Waals surface area contributed by atoms with Crippen LogP contribution in [-0.2, 0) is 19.3 Å². The molecule has 1 aliphatic carbocycles. The van der Waals surface area contributed by atoms with Gasteiger partial charge in [0.25, 0.3) is 0 Å². The van der Waals surface area contributed by atoms with Crippen molar-refractivity contribution in [2.24, 2.45) is 0 Å². The Morgan fingerprint density at radius 2 is 1.81 bits per heavy atom. The van der Waals surface area contributed by atoms with Crippen LogP contribution in [0.2, 0.25) is 0 Å². The molecule has 3 heterocycles. The molecule has 12 heteroatoms. The number of hydrogen-bond donors (Lipinski definition) is 1. The van der Waals surface area contributed by atoms with Gasteiger partial charge in [-0.1, -0.05) is 18.2 Å². The van der Waals surface area contributed by atoms with Crippen LogP contribution in [0, 0.1) is 13.8 Å². The number of nitrogens with one attached hydrogen (secondary N) is 1. The van der Waals surface area contributed by atoms with E-state index < -0.39 is 20.7 Å². The average molecular weight is 606 g/mol. The summed E-state index contributed by atoms with van der Waals surface area (Å²) in [5.41, 5.74) is 2.42. The highest BCUT2D eigenvalue weighted by Gasteiger charge is 2.59. The lowest BCUT2D eigenvalue weighted by Crippen LogP contribution is -2.44. The Morgan fingerprint density at radius 1 is 1.07 bits per heavy atom. The molecular weight excluding hydrogens is 574 g/mol. The molecule has 2 aromatic heterocycles. The maximum Gasteiger partial charge on any atom is 0.417 e. The quantitative estimate of drug-likeness (QED) is 0.290. The molecular formula is C30H31N5O5S2. The lowest BCUT2D eigenvalue weighted by molar-refractivity contribution is 0.0985. The molecule has 218 valence electrons. The van der Waals surface area contributed by atoms with E-state index >= 15 is 0 Å². The predicted octanol–water partition coefficient (Wildman–Crippen LogP) is 5.52. The Morgan fingerprint density at radius 3 is 2.45 bits per heavy atom. The van der Waals surface area contributed by atoms with Crippen LogP contribution in [0.25, 0.3) is 11.4 Å². The lowest BCUT2D eigenvalue weighted by atomic mass is 10.1. The van der Waals surface area contributed by atoms with Gasteiger partial charge in [-0.25, -0.2) is 28.2 Å². The van der Waals surface area contributed by atoms with Gasteiger partial charge in [-0.2, -0.15) is 0 Å². The molecule has 0 bridgehead atoms. The number of carbonyl (C=O) groups is 1. The minimum absolute atomic E-state index is 0.0626. The SMILES string of the molecule is Cc1nc(S(=O)(=O)C2(c3cc(N4CCOC[C@@H]4C)nc(-c4ccc(NC(=O)Oc5ccccc5)cc4)n3)CC2)sc1C. The second-order valence-corrected chi connectivity index (χ2v) is 14.2. The maximum absolute atomic E-state index is 14.0. The Hall–Kier alpha value is -3.87. The topological polar surface area (TPSA) is 124 Å². The van der Waals surface area contributed by atoms with Crippen molar-refractivity contribution in [3.8, 4) is 17.1 Å². The fourth-order valence-corrected chi connectivity index (χ4v) is 8.50. The summed E-state index contributed by atoms with van der Waals surface area (Å²) in [6.07, 6.45) is 0.325. The Balaban J connectivity index is 1.34. The number of sulfone groups is 1. The van der Waals surface area contributed by atoms with Gasteiger partial charge in [0, 0.05) is 28.7 Å². The number of rotatable bonds is 7. The molecule has 10 nitrogen and oxygen atoms in total. The normalized spacial score (nSPS) is 18.0. The highest BCUT2D eigenvalue weighted by atomic mass is 32.2. The summed E-state index contributed by atoms with van der Waals surface area (Å²) in [7, 11) is -3.78. The second kappa shape index (κ2) is 11.1. The molecule has 0 unspecified atom stereocenters. The van der Waals surface area contributed by atoms with Crippen molar-refractivity contribution in [3.63, 3.8) is 0 Å². The molecule has 6 rings (SSSR count). The van der Waals surface area contributed by atoms with Gasteiger partial charge >= 0.3 is 6.09 Å². The van der Waals surface area contributed by atoms with Gasteiger partial charge in [0.1, 0.15) is 16.3 Å². The van der Waals surface area contributed by atoms with Crippen LogP contribution in [0.3, 0.4) is 0 Å². The zero-order valence-corrected chi connectivity index (χ0v) is 25.2. The third kappa shape index (κ3) is 5.37. The second-order valence-electron chi connectivity index (χ2n) is 10.6. The van der Waals surface area contributed by atoms with E-state index in [9.17, 15) is 13.2 Å². The van der Waals surface area contributed by atoms with Gasteiger partial charge in [-0.15, -0.1) is 11.3 Å². The smallest absolute Gasteiger partial charge is 0.410 e. The van der Waals surface area contributed by atoms with Crippen LogP contribution in [0.5, 0.6) is 5.75 Å². The van der Waals surface area contributed by atoms with Crippen LogP contribution in [0.15, 0.2) is 65.0 Å². The molecule has 1 atom stereocenters. The fraction of sp³-hybridized carbons (Fsp3) is 0.333. The van der Waals surface area contributed by atoms with Crippen molar-refractivity contribution >= 4 is 38.8 Å². The molecule has 2 aliphatic rings. The van der Waals surface area contributed by atoms with Gasteiger partial charge in [0.05, 0.1) is 30.6 Å². The first-order valence-corrected chi connectivity index (χ1v) is 16.0. The van der Waals surface area contributed by atoms with Crippen molar-refractivity contribution in [3.05, 3.63) is 76.9 Å². The standard InChI is InChI=1S/C30H31N5O5S2/c1-19-18-39-16-15-35(19)26-17-25(30(13-14-30)42(37,38)29-31-20(2)21(3)41-29)33-27(34-26)22-9-11-23(12-10-22)32-28(36)40-24-7-5-4-6-8-24/h4-12,17,19H,13-16,18H2,1-3H3,(H,32,36)/t19-/m0/s1. The van der Waals surface area contributed by atoms with Gasteiger partial charge in [0.15, 0.2) is 5.82 Å². The predicted molar refractivity (Wildman–Crippen MR) is 161 cm³/mol. The number of ether oxygens (including phenoxy) is 2. The molecule has 2 fully saturated rings. The molecule has 4 aromatic rings. The van der Waals surface area contributed by atoms with E-state index in [-0.39, 0.29) is 10.4 Å². The van der Waals surface area contributed by atoms with Crippen molar-refractivity contribution in [1.82, 2.24) is 15.0 Å². The first-order valence-electron chi connectivity index (χ1n) is 13.7. The zero-order valence-electron chi connectivity index (χ0n) is 23.5.